The Kier molecular flexibility index (Phi) is 3.15. The predicted octanol–water partition coefficient (Wildman–Crippen LogP) is 2.46. The lowest BCUT2D eigenvalue weighted by Gasteiger charge is -2.01. The number of H-pyrrole nitrogens is 1. The molecule has 1 heterocycles. The van der Waals surface area contributed by atoms with Gasteiger partial charge in [0.1, 0.15) is 5.75 Å². The van der Waals surface area contributed by atoms with Crippen LogP contribution < -0.4 is 10.5 Å². The third kappa shape index (κ3) is 2.36. The molecule has 1 aromatic carbocycles. The van der Waals surface area contributed by atoms with Gasteiger partial charge in [0, 0.05) is 23.3 Å². The zero-order chi connectivity index (χ0) is 11.5. The Morgan fingerprint density at radius 3 is 2.88 bits per heavy atom. The first-order valence-corrected chi connectivity index (χ1v) is 5.60. The summed E-state index contributed by atoms with van der Waals surface area (Å²) in [6, 6.07) is 8.49. The standard InChI is InChI=1S/C13H18N2O/c1-9(14)3-5-11-7-10-4-6-12(16-2)8-13(10)15-11/h4,6-9,15H,3,5,14H2,1-2H3. The van der Waals surface area contributed by atoms with Crippen molar-refractivity contribution in [3.8, 4) is 5.75 Å². The number of aryl methyl sites for hydroxylation is 1. The lowest BCUT2D eigenvalue weighted by Crippen LogP contribution is -2.15. The van der Waals surface area contributed by atoms with E-state index in [-0.39, 0.29) is 6.04 Å². The fraction of sp³-hybridized carbons (Fsp3) is 0.385. The molecule has 0 radical (unpaired) electrons. The Bertz CT molecular complexity index is 474. The van der Waals surface area contributed by atoms with E-state index in [0.717, 1.165) is 24.1 Å². The van der Waals surface area contributed by atoms with E-state index in [1.807, 2.05) is 19.1 Å². The summed E-state index contributed by atoms with van der Waals surface area (Å²) >= 11 is 0. The van der Waals surface area contributed by atoms with Gasteiger partial charge in [0.2, 0.25) is 0 Å². The summed E-state index contributed by atoms with van der Waals surface area (Å²) in [5.74, 6) is 0.882. The van der Waals surface area contributed by atoms with Crippen LogP contribution in [0.1, 0.15) is 19.0 Å². The van der Waals surface area contributed by atoms with Gasteiger partial charge in [-0.2, -0.15) is 0 Å². The number of aromatic nitrogens is 1. The summed E-state index contributed by atoms with van der Waals surface area (Å²) in [5.41, 5.74) is 8.11. The normalized spacial score (nSPS) is 12.9. The Labute approximate surface area is 95.6 Å². The Morgan fingerprint density at radius 2 is 2.19 bits per heavy atom. The Balaban J connectivity index is 2.22. The molecule has 3 N–H and O–H groups in total. The van der Waals surface area contributed by atoms with Crippen LogP contribution in [-0.4, -0.2) is 18.1 Å². The largest absolute Gasteiger partial charge is 0.497 e. The number of benzene rings is 1. The second-order valence-electron chi connectivity index (χ2n) is 4.26. The first-order valence-electron chi connectivity index (χ1n) is 5.60. The summed E-state index contributed by atoms with van der Waals surface area (Å²) in [5, 5.41) is 1.22. The third-order valence-electron chi connectivity index (χ3n) is 2.75. The van der Waals surface area contributed by atoms with Crippen molar-refractivity contribution in [2.75, 3.05) is 7.11 Å². The number of aromatic amines is 1. The van der Waals surface area contributed by atoms with Crippen LogP contribution in [0, 0.1) is 0 Å². The van der Waals surface area contributed by atoms with Crippen LogP contribution in [0.15, 0.2) is 24.3 Å². The number of hydrogen-bond donors (Lipinski definition) is 2. The van der Waals surface area contributed by atoms with Gasteiger partial charge in [-0.3, -0.25) is 0 Å². The molecule has 2 rings (SSSR count). The van der Waals surface area contributed by atoms with Crippen molar-refractivity contribution in [2.45, 2.75) is 25.8 Å². The van der Waals surface area contributed by atoms with Gasteiger partial charge >= 0.3 is 0 Å². The van der Waals surface area contributed by atoms with Gasteiger partial charge in [-0.05, 0) is 43.4 Å². The molecule has 0 bridgehead atoms. The van der Waals surface area contributed by atoms with E-state index in [4.69, 9.17) is 10.5 Å². The average Bonchev–Trinajstić information content (AvgIpc) is 2.67. The quantitative estimate of drug-likeness (QED) is 0.828. The summed E-state index contributed by atoms with van der Waals surface area (Å²) in [6.07, 6.45) is 2.00. The molecule has 86 valence electrons. The number of hydrogen-bond acceptors (Lipinski definition) is 2. The zero-order valence-electron chi connectivity index (χ0n) is 9.79. The molecule has 0 aliphatic carbocycles. The molecule has 0 aliphatic heterocycles. The van der Waals surface area contributed by atoms with Crippen molar-refractivity contribution in [1.82, 2.24) is 4.98 Å². The second-order valence-corrected chi connectivity index (χ2v) is 4.26. The van der Waals surface area contributed by atoms with Crippen LogP contribution >= 0.6 is 0 Å². The molecule has 0 spiro atoms. The lowest BCUT2D eigenvalue weighted by molar-refractivity contribution is 0.415. The summed E-state index contributed by atoms with van der Waals surface area (Å²) in [7, 11) is 1.68. The highest BCUT2D eigenvalue weighted by atomic mass is 16.5. The average molecular weight is 218 g/mol. The van der Waals surface area contributed by atoms with Crippen LogP contribution in [0.2, 0.25) is 0 Å². The molecule has 0 saturated carbocycles. The summed E-state index contributed by atoms with van der Waals surface area (Å²) in [6.45, 7) is 2.03. The number of ether oxygens (including phenoxy) is 1. The maximum absolute atomic E-state index is 5.75. The van der Waals surface area contributed by atoms with Gasteiger partial charge in [0.15, 0.2) is 0 Å². The number of nitrogens with one attached hydrogen (secondary N) is 1. The van der Waals surface area contributed by atoms with Crippen molar-refractivity contribution in [1.29, 1.82) is 0 Å². The molecule has 3 heteroatoms. The number of methoxy groups -OCH3 is 1. The van der Waals surface area contributed by atoms with E-state index >= 15 is 0 Å². The van der Waals surface area contributed by atoms with E-state index < -0.39 is 0 Å². The number of rotatable bonds is 4. The molecular weight excluding hydrogens is 200 g/mol. The smallest absolute Gasteiger partial charge is 0.120 e. The van der Waals surface area contributed by atoms with Gasteiger partial charge in [0.05, 0.1) is 7.11 Å². The van der Waals surface area contributed by atoms with Crippen LogP contribution in [-0.2, 0) is 6.42 Å². The van der Waals surface area contributed by atoms with Crippen molar-refractivity contribution in [3.63, 3.8) is 0 Å². The first kappa shape index (κ1) is 11.0. The highest BCUT2D eigenvalue weighted by Gasteiger charge is 2.03. The van der Waals surface area contributed by atoms with Gasteiger partial charge in [0.25, 0.3) is 0 Å². The zero-order valence-corrected chi connectivity index (χ0v) is 9.79. The van der Waals surface area contributed by atoms with E-state index in [0.29, 0.717) is 0 Å². The monoisotopic (exact) mass is 218 g/mol. The highest BCUT2D eigenvalue weighted by molar-refractivity contribution is 5.81. The summed E-state index contributed by atoms with van der Waals surface area (Å²) in [4.78, 5) is 3.39. The van der Waals surface area contributed by atoms with E-state index in [1.165, 1.54) is 11.1 Å². The first-order chi connectivity index (χ1) is 7.69. The molecule has 0 amide bonds. The molecular formula is C13H18N2O. The van der Waals surface area contributed by atoms with Crippen molar-refractivity contribution >= 4 is 10.9 Å². The van der Waals surface area contributed by atoms with Gasteiger partial charge in [-0.15, -0.1) is 0 Å². The minimum atomic E-state index is 0.251. The van der Waals surface area contributed by atoms with Gasteiger partial charge in [-0.25, -0.2) is 0 Å². The maximum atomic E-state index is 5.75. The molecule has 0 saturated heterocycles. The Hall–Kier alpha value is -1.48. The maximum Gasteiger partial charge on any atom is 0.120 e. The van der Waals surface area contributed by atoms with Crippen molar-refractivity contribution < 1.29 is 4.74 Å². The van der Waals surface area contributed by atoms with Gasteiger partial charge < -0.3 is 15.5 Å². The molecule has 0 aliphatic rings. The number of fused-ring (bicyclic) bond motifs is 1. The van der Waals surface area contributed by atoms with E-state index in [1.54, 1.807) is 7.11 Å². The van der Waals surface area contributed by atoms with Gasteiger partial charge in [-0.1, -0.05) is 0 Å². The number of nitrogens with two attached hydrogens (primary N) is 1. The van der Waals surface area contributed by atoms with Crippen molar-refractivity contribution in [2.24, 2.45) is 5.73 Å². The molecule has 16 heavy (non-hydrogen) atoms. The molecule has 2 aromatic rings. The molecule has 1 aromatic heterocycles. The minimum Gasteiger partial charge on any atom is -0.497 e. The van der Waals surface area contributed by atoms with E-state index in [2.05, 4.69) is 17.1 Å². The fourth-order valence-electron chi connectivity index (χ4n) is 1.81. The molecule has 1 unspecified atom stereocenters. The molecule has 0 fully saturated rings. The molecule has 3 nitrogen and oxygen atoms in total. The van der Waals surface area contributed by atoms with Crippen LogP contribution in [0.25, 0.3) is 10.9 Å². The molecule has 1 atom stereocenters. The van der Waals surface area contributed by atoms with Crippen LogP contribution in [0.4, 0.5) is 0 Å². The SMILES string of the molecule is COc1ccc2cc(CCC(C)N)[nH]c2c1. The lowest BCUT2D eigenvalue weighted by atomic mass is 10.1. The van der Waals surface area contributed by atoms with E-state index in [9.17, 15) is 0 Å². The topological polar surface area (TPSA) is 51.0 Å². The highest BCUT2D eigenvalue weighted by Crippen LogP contribution is 2.21. The third-order valence-corrected chi connectivity index (χ3v) is 2.75. The van der Waals surface area contributed by atoms with Crippen LogP contribution in [0.3, 0.4) is 0 Å². The minimum absolute atomic E-state index is 0.251. The summed E-state index contributed by atoms with van der Waals surface area (Å²) < 4.78 is 5.19. The Morgan fingerprint density at radius 1 is 1.38 bits per heavy atom. The predicted molar refractivity (Wildman–Crippen MR) is 66.8 cm³/mol. The van der Waals surface area contributed by atoms with Crippen LogP contribution in [0.5, 0.6) is 5.75 Å². The second kappa shape index (κ2) is 4.58. The fourth-order valence-corrected chi connectivity index (χ4v) is 1.81. The van der Waals surface area contributed by atoms with Crippen molar-refractivity contribution in [3.05, 3.63) is 30.0 Å².